The number of carbonyl (C=O) groups is 3. The second-order valence-corrected chi connectivity index (χ2v) is 12.6. The highest BCUT2D eigenvalue weighted by atomic mass is 32.1. The van der Waals surface area contributed by atoms with Crippen molar-refractivity contribution in [2.45, 2.75) is 39.5 Å². The van der Waals surface area contributed by atoms with Crippen molar-refractivity contribution >= 4 is 73.9 Å². The Balaban J connectivity index is 1.24. The lowest BCUT2D eigenvalue weighted by Gasteiger charge is -2.23. The summed E-state index contributed by atoms with van der Waals surface area (Å²) in [5, 5.41) is 3.64. The van der Waals surface area contributed by atoms with Crippen LogP contribution in [0.15, 0.2) is 84.9 Å². The molecular formula is C37H33N3O3S. The zero-order valence-electron chi connectivity index (χ0n) is 24.8. The largest absolute Gasteiger partial charge is 0.321 e. The number of thiophene rings is 1. The van der Waals surface area contributed by atoms with Gasteiger partial charge < -0.3 is 10.2 Å². The smallest absolute Gasteiger partial charge is 0.265 e. The summed E-state index contributed by atoms with van der Waals surface area (Å²) < 4.78 is 0. The first-order chi connectivity index (χ1) is 21.5. The monoisotopic (exact) mass is 599 g/mol. The summed E-state index contributed by atoms with van der Waals surface area (Å²) in [5.41, 5.74) is 6.30. The van der Waals surface area contributed by atoms with Crippen molar-refractivity contribution in [2.24, 2.45) is 5.92 Å². The van der Waals surface area contributed by atoms with Gasteiger partial charge >= 0.3 is 0 Å². The molecule has 1 atom stereocenters. The van der Waals surface area contributed by atoms with E-state index in [2.05, 4.69) is 19.2 Å². The minimum absolute atomic E-state index is 0.0247. The van der Waals surface area contributed by atoms with Crippen LogP contribution in [0.4, 0.5) is 22.1 Å². The highest BCUT2D eigenvalue weighted by molar-refractivity contribution is 7.17. The maximum absolute atomic E-state index is 14.1. The van der Waals surface area contributed by atoms with Crippen LogP contribution in [0.25, 0.3) is 22.8 Å². The van der Waals surface area contributed by atoms with Gasteiger partial charge in [0.05, 0.1) is 28.1 Å². The molecule has 0 fully saturated rings. The second-order valence-electron chi connectivity index (χ2n) is 11.5. The summed E-state index contributed by atoms with van der Waals surface area (Å²) in [7, 11) is 0. The van der Waals surface area contributed by atoms with Gasteiger partial charge in [-0.1, -0.05) is 87.7 Å². The number of nitrogens with one attached hydrogen (secondary N) is 1. The summed E-state index contributed by atoms with van der Waals surface area (Å²) >= 11 is 1.46. The molecule has 3 amide bonds. The van der Waals surface area contributed by atoms with Gasteiger partial charge in [0.25, 0.3) is 17.7 Å². The molecule has 4 heterocycles. The number of hydrogen-bond donors (Lipinski definition) is 1. The average molecular weight is 600 g/mol. The fourth-order valence-corrected chi connectivity index (χ4v) is 7.49. The Morgan fingerprint density at radius 1 is 0.773 bits per heavy atom. The lowest BCUT2D eigenvalue weighted by Crippen LogP contribution is -2.31. The van der Waals surface area contributed by atoms with Crippen LogP contribution in [0.5, 0.6) is 0 Å². The van der Waals surface area contributed by atoms with Crippen LogP contribution in [-0.2, 0) is 14.4 Å². The molecule has 4 aromatic rings. The first kappa shape index (κ1) is 28.0. The molecule has 0 spiro atoms. The number of carbonyl (C=O) groups excluding carboxylic acids is 3. The van der Waals surface area contributed by atoms with Gasteiger partial charge in [-0.05, 0) is 48.7 Å². The predicted octanol–water partition coefficient (Wildman–Crippen LogP) is 8.39. The number of nitrogens with zero attached hydrogens (tertiary/aromatic N) is 2. The first-order valence-electron chi connectivity index (χ1n) is 15.3. The number of benzene rings is 3. The maximum Gasteiger partial charge on any atom is 0.265 e. The van der Waals surface area contributed by atoms with Crippen molar-refractivity contribution in [2.75, 3.05) is 21.7 Å². The Morgan fingerprint density at radius 3 is 2.25 bits per heavy atom. The van der Waals surface area contributed by atoms with Crippen molar-refractivity contribution in [3.63, 3.8) is 0 Å². The van der Waals surface area contributed by atoms with E-state index in [4.69, 9.17) is 0 Å². The molecule has 3 aliphatic heterocycles. The van der Waals surface area contributed by atoms with Gasteiger partial charge in [0.15, 0.2) is 0 Å². The lowest BCUT2D eigenvalue weighted by molar-refractivity contribution is -0.113. The number of para-hydroxylation sites is 3. The molecule has 0 saturated carbocycles. The molecule has 1 N–H and O–H groups in total. The summed E-state index contributed by atoms with van der Waals surface area (Å²) in [6.07, 6.45) is 6.42. The molecule has 220 valence electrons. The Hall–Kier alpha value is -4.75. The minimum atomic E-state index is -0.272. The van der Waals surface area contributed by atoms with Gasteiger partial charge in [-0.15, -0.1) is 11.3 Å². The van der Waals surface area contributed by atoms with E-state index in [1.54, 1.807) is 4.90 Å². The highest BCUT2D eigenvalue weighted by Crippen LogP contribution is 2.49. The number of unbranched alkanes of at least 4 members (excludes halogenated alkanes) is 1. The van der Waals surface area contributed by atoms with Gasteiger partial charge in [0, 0.05) is 33.8 Å². The molecule has 0 bridgehead atoms. The molecule has 7 heteroatoms. The van der Waals surface area contributed by atoms with E-state index in [9.17, 15) is 14.4 Å². The molecule has 1 aromatic heterocycles. The van der Waals surface area contributed by atoms with Crippen LogP contribution >= 0.6 is 11.3 Å². The van der Waals surface area contributed by atoms with E-state index in [0.717, 1.165) is 63.6 Å². The number of rotatable bonds is 8. The SMILES string of the molecule is CCCCC(CC)CN1C(=O)/C(=C\c2ccc(N3C(=O)C(=C4C(=O)Nc5ccccc54)c4ccccc43)s2)c2ccccc21. The maximum atomic E-state index is 14.1. The standard InChI is InChI=1S/C37H33N3O3S/c1-3-5-12-23(4-2)22-39-30-17-10-7-13-25(30)28(36(39)42)21-24-19-20-32(44-24)40-31-18-11-8-15-27(31)34(37(40)43)33-26-14-6-9-16-29(26)38-35(33)41/h6-11,13-21,23H,3-5,12,22H2,1-2H3,(H,38,41)/b28-21-,34-33?. The van der Waals surface area contributed by atoms with Crippen LogP contribution in [0.2, 0.25) is 0 Å². The number of amides is 3. The Kier molecular flexibility index (Phi) is 7.26. The topological polar surface area (TPSA) is 69.7 Å². The van der Waals surface area contributed by atoms with E-state index < -0.39 is 0 Å². The highest BCUT2D eigenvalue weighted by Gasteiger charge is 2.40. The second kappa shape index (κ2) is 11.4. The molecule has 0 aliphatic carbocycles. The van der Waals surface area contributed by atoms with Crippen molar-refractivity contribution in [1.82, 2.24) is 0 Å². The normalized spacial score (nSPS) is 18.6. The number of hydrogen-bond acceptors (Lipinski definition) is 4. The zero-order chi connectivity index (χ0) is 30.4. The van der Waals surface area contributed by atoms with Gasteiger partial charge in [-0.3, -0.25) is 19.3 Å². The van der Waals surface area contributed by atoms with Gasteiger partial charge in [-0.25, -0.2) is 0 Å². The summed E-state index contributed by atoms with van der Waals surface area (Å²) in [4.78, 5) is 45.6. The zero-order valence-corrected chi connectivity index (χ0v) is 25.6. The minimum Gasteiger partial charge on any atom is -0.321 e. The van der Waals surface area contributed by atoms with E-state index in [0.29, 0.717) is 34.9 Å². The van der Waals surface area contributed by atoms with Crippen LogP contribution in [0.3, 0.4) is 0 Å². The van der Waals surface area contributed by atoms with Crippen LogP contribution in [-0.4, -0.2) is 24.3 Å². The summed E-state index contributed by atoms with van der Waals surface area (Å²) in [5.74, 6) is -0.0271. The van der Waals surface area contributed by atoms with Gasteiger partial charge in [0.1, 0.15) is 5.00 Å². The molecule has 3 aliphatic rings. The summed E-state index contributed by atoms with van der Waals surface area (Å²) in [6.45, 7) is 5.12. The van der Waals surface area contributed by atoms with E-state index in [1.807, 2.05) is 95.9 Å². The fourth-order valence-electron chi connectivity index (χ4n) is 6.53. The van der Waals surface area contributed by atoms with Crippen LogP contribution < -0.4 is 15.1 Å². The molecule has 3 aromatic carbocycles. The van der Waals surface area contributed by atoms with E-state index in [-0.39, 0.29) is 17.7 Å². The molecule has 0 radical (unpaired) electrons. The molecule has 7 rings (SSSR count). The number of anilines is 4. The average Bonchev–Trinajstić information content (AvgIpc) is 3.77. The van der Waals surface area contributed by atoms with Crippen LogP contribution in [0, 0.1) is 5.92 Å². The first-order valence-corrected chi connectivity index (χ1v) is 16.1. The molecule has 0 saturated heterocycles. The van der Waals surface area contributed by atoms with Crippen molar-refractivity contribution in [3.8, 4) is 0 Å². The van der Waals surface area contributed by atoms with Gasteiger partial charge in [-0.2, -0.15) is 0 Å². The predicted molar refractivity (Wildman–Crippen MR) is 180 cm³/mol. The quantitative estimate of drug-likeness (QED) is 0.207. The lowest BCUT2D eigenvalue weighted by atomic mass is 9.96. The third-order valence-corrected chi connectivity index (χ3v) is 9.83. The molecular weight excluding hydrogens is 566 g/mol. The number of fused-ring (bicyclic) bond motifs is 3. The van der Waals surface area contributed by atoms with E-state index in [1.165, 1.54) is 11.3 Å². The van der Waals surface area contributed by atoms with Crippen molar-refractivity contribution < 1.29 is 14.4 Å². The molecule has 1 unspecified atom stereocenters. The fraction of sp³-hybridized carbons (Fsp3) is 0.216. The van der Waals surface area contributed by atoms with Crippen molar-refractivity contribution in [1.29, 1.82) is 0 Å². The Bertz CT molecular complexity index is 1880. The molecule has 6 nitrogen and oxygen atoms in total. The Labute approximate surface area is 261 Å². The third kappa shape index (κ3) is 4.59. The molecule has 44 heavy (non-hydrogen) atoms. The van der Waals surface area contributed by atoms with Crippen LogP contribution in [0.1, 0.15) is 61.1 Å². The van der Waals surface area contributed by atoms with Crippen molar-refractivity contribution in [3.05, 3.63) is 106 Å². The third-order valence-electron chi connectivity index (χ3n) is 8.82. The van der Waals surface area contributed by atoms with E-state index >= 15 is 0 Å². The summed E-state index contributed by atoms with van der Waals surface area (Å²) in [6, 6.07) is 27.0. The Morgan fingerprint density at radius 2 is 1.48 bits per heavy atom. The van der Waals surface area contributed by atoms with Gasteiger partial charge in [0.2, 0.25) is 0 Å².